The fourth-order valence-electron chi connectivity index (χ4n) is 3.44. The second-order valence-electron chi connectivity index (χ2n) is 6.96. The van der Waals surface area contributed by atoms with E-state index in [0.29, 0.717) is 17.1 Å². The first-order chi connectivity index (χ1) is 14.3. The zero-order valence-corrected chi connectivity index (χ0v) is 17.3. The van der Waals surface area contributed by atoms with Crippen molar-refractivity contribution in [2.24, 2.45) is 16.7 Å². The van der Waals surface area contributed by atoms with Crippen molar-refractivity contribution in [3.8, 4) is 17.0 Å². The zero-order chi connectivity index (χ0) is 21.9. The van der Waals surface area contributed by atoms with E-state index in [9.17, 15) is 18.3 Å². The van der Waals surface area contributed by atoms with Crippen LogP contribution >= 0.6 is 11.3 Å². The number of unbranched alkanes of at least 4 members (excludes halogenated alkanes) is 3. The van der Waals surface area contributed by atoms with Gasteiger partial charge in [0.05, 0.1) is 26.4 Å². The molecule has 0 fully saturated rings. The number of phenolic OH excluding ortho intramolecular Hbond substituents is 1. The summed E-state index contributed by atoms with van der Waals surface area (Å²) in [6, 6.07) is 6.90. The van der Waals surface area contributed by atoms with Gasteiger partial charge in [-0.15, -0.1) is 16.4 Å². The van der Waals surface area contributed by atoms with Gasteiger partial charge in [-0.25, -0.2) is 11.4 Å². The van der Waals surface area contributed by atoms with Crippen molar-refractivity contribution in [3.63, 3.8) is 0 Å². The van der Waals surface area contributed by atoms with E-state index < -0.39 is 17.5 Å². The van der Waals surface area contributed by atoms with Gasteiger partial charge >= 0.3 is 6.18 Å². The normalized spacial score (nSPS) is 12.6. The van der Waals surface area contributed by atoms with E-state index in [1.807, 2.05) is 10.6 Å². The summed E-state index contributed by atoms with van der Waals surface area (Å²) >= 11 is 1.33. The Kier molecular flexibility index (Phi) is 6.57. The second kappa shape index (κ2) is 8.97. The maximum absolute atomic E-state index is 13.7. The van der Waals surface area contributed by atoms with Crippen LogP contribution in [0, 0.1) is 0 Å². The lowest BCUT2D eigenvalue weighted by atomic mass is 10.0. The fraction of sp³-hybridized carbons (Fsp3) is 0.350. The Balaban J connectivity index is 2.14. The van der Waals surface area contributed by atoms with Crippen molar-refractivity contribution in [3.05, 3.63) is 40.8 Å². The number of benzene rings is 1. The molecule has 1 aromatic carbocycles. The van der Waals surface area contributed by atoms with E-state index >= 15 is 0 Å². The summed E-state index contributed by atoms with van der Waals surface area (Å²) < 4.78 is 43.7. The average molecular weight is 440 g/mol. The first-order valence-electron chi connectivity index (χ1n) is 9.59. The molecule has 2 heterocycles. The molecule has 0 spiro atoms. The van der Waals surface area contributed by atoms with Crippen molar-refractivity contribution in [1.82, 2.24) is 10.1 Å². The van der Waals surface area contributed by atoms with Gasteiger partial charge in [0.25, 0.3) is 0 Å². The average Bonchev–Trinajstić information content (AvgIpc) is 3.23. The van der Waals surface area contributed by atoms with Crippen LogP contribution in [0.15, 0.2) is 35.4 Å². The first-order valence-corrected chi connectivity index (χ1v) is 10.4. The number of hydrazine groups is 1. The molecule has 0 bridgehead atoms. The van der Waals surface area contributed by atoms with Crippen molar-refractivity contribution < 1.29 is 18.3 Å². The molecule has 0 aliphatic carbocycles. The maximum Gasteiger partial charge on any atom is 0.417 e. The molecule has 10 heteroatoms. The molecule has 6 nitrogen and oxygen atoms in total. The molecule has 162 valence electrons. The second-order valence-corrected chi connectivity index (χ2v) is 8.04. The number of fused-ring (bicyclic) bond motifs is 1. The predicted octanol–water partition coefficient (Wildman–Crippen LogP) is 4.76. The van der Waals surface area contributed by atoms with Gasteiger partial charge < -0.3 is 15.4 Å². The Morgan fingerprint density at radius 1 is 1.20 bits per heavy atom. The van der Waals surface area contributed by atoms with E-state index in [1.54, 1.807) is 6.07 Å². The minimum absolute atomic E-state index is 0.0333. The van der Waals surface area contributed by atoms with Crippen molar-refractivity contribution in [2.75, 3.05) is 0 Å². The smallest absolute Gasteiger partial charge is 0.417 e. The van der Waals surface area contributed by atoms with E-state index in [-0.39, 0.29) is 11.4 Å². The van der Waals surface area contributed by atoms with Gasteiger partial charge in [-0.3, -0.25) is 0 Å². The largest absolute Gasteiger partial charge is 0.508 e. The highest BCUT2D eigenvalue weighted by atomic mass is 32.1. The molecular formula is C20H24F3N5OS. The number of hydrazone groups is 1. The molecule has 3 aromatic rings. The molecule has 3 rings (SSSR count). The topological polar surface area (TPSA) is 102 Å². The van der Waals surface area contributed by atoms with Crippen molar-refractivity contribution in [2.45, 2.75) is 45.3 Å². The van der Waals surface area contributed by atoms with Gasteiger partial charge in [-0.2, -0.15) is 13.2 Å². The Bertz CT molecular complexity index is 1050. The third-order valence-corrected chi connectivity index (χ3v) is 5.94. The first kappa shape index (κ1) is 22.0. The highest BCUT2D eigenvalue weighted by Gasteiger charge is 2.35. The predicted molar refractivity (Wildman–Crippen MR) is 114 cm³/mol. The van der Waals surface area contributed by atoms with Gasteiger partial charge in [-0.05, 0) is 36.8 Å². The van der Waals surface area contributed by atoms with Crippen LogP contribution in [0.5, 0.6) is 5.75 Å². The maximum atomic E-state index is 13.7. The Morgan fingerprint density at radius 2 is 1.97 bits per heavy atom. The summed E-state index contributed by atoms with van der Waals surface area (Å²) in [7, 11) is 0. The Morgan fingerprint density at radius 3 is 2.63 bits per heavy atom. The number of hydrogen-bond acceptors (Lipinski definition) is 5. The lowest BCUT2D eigenvalue weighted by molar-refractivity contribution is -0.137. The molecule has 0 saturated heterocycles. The molecule has 0 aliphatic rings. The van der Waals surface area contributed by atoms with Crippen LogP contribution in [0.1, 0.15) is 43.0 Å². The lowest BCUT2D eigenvalue weighted by Crippen LogP contribution is -2.22. The van der Waals surface area contributed by atoms with Crippen LogP contribution in [-0.4, -0.2) is 15.5 Å². The number of nitrogens with zero attached hydrogens (tertiary/aromatic N) is 2. The molecule has 0 unspecified atom stereocenters. The number of phenols is 1. The number of hydrogen-bond donors (Lipinski definition) is 4. The third kappa shape index (κ3) is 4.54. The molecule has 30 heavy (non-hydrogen) atoms. The van der Waals surface area contributed by atoms with Crippen LogP contribution in [0.2, 0.25) is 0 Å². The summed E-state index contributed by atoms with van der Waals surface area (Å²) in [5.74, 6) is 4.97. The zero-order valence-electron chi connectivity index (χ0n) is 16.5. The highest BCUT2D eigenvalue weighted by Crippen LogP contribution is 2.42. The molecule has 0 amide bonds. The molecular weight excluding hydrogens is 415 g/mol. The monoisotopic (exact) mass is 439 g/mol. The summed E-state index contributed by atoms with van der Waals surface area (Å²) in [6.45, 7) is 2.67. The molecule has 0 atom stereocenters. The number of rotatable bonds is 8. The van der Waals surface area contributed by atoms with Gasteiger partial charge in [0.1, 0.15) is 5.75 Å². The lowest BCUT2D eigenvalue weighted by Gasteiger charge is -2.16. The number of halogens is 3. The van der Waals surface area contributed by atoms with E-state index in [1.165, 1.54) is 23.5 Å². The van der Waals surface area contributed by atoms with Crippen LogP contribution < -0.4 is 17.1 Å². The number of nitrogens with two attached hydrogens (primary N) is 2. The Hall–Kier alpha value is -2.72. The number of thiophene rings is 1. The van der Waals surface area contributed by atoms with Crippen LogP contribution in [0.4, 0.5) is 13.2 Å². The van der Waals surface area contributed by atoms with Crippen molar-refractivity contribution >= 4 is 27.4 Å². The van der Waals surface area contributed by atoms with Crippen LogP contribution in [-0.2, 0) is 12.7 Å². The summed E-state index contributed by atoms with van der Waals surface area (Å²) in [4.78, 5) is 0.675. The van der Waals surface area contributed by atoms with Crippen LogP contribution in [0.3, 0.4) is 0 Å². The van der Waals surface area contributed by atoms with Gasteiger partial charge in [0, 0.05) is 12.1 Å². The number of alkyl halides is 3. The minimum atomic E-state index is -4.59. The Labute approximate surface area is 176 Å². The SMILES string of the molecule is CCCCCCn1c(-c2ccc(O)cc2C(F)(F)F)cc2sc(/C(N)=N/NN)cc21. The van der Waals surface area contributed by atoms with Gasteiger partial charge in [-0.1, -0.05) is 26.2 Å². The third-order valence-electron chi connectivity index (χ3n) is 4.85. The fourth-order valence-corrected chi connectivity index (χ4v) is 4.45. The van der Waals surface area contributed by atoms with Crippen molar-refractivity contribution in [1.29, 1.82) is 0 Å². The molecule has 2 aromatic heterocycles. The van der Waals surface area contributed by atoms with E-state index in [4.69, 9.17) is 11.6 Å². The summed E-state index contributed by atoms with van der Waals surface area (Å²) in [5.41, 5.74) is 8.46. The number of aromatic hydroxyl groups is 1. The quantitative estimate of drug-likeness (QED) is 0.134. The number of aromatic nitrogens is 1. The number of amidine groups is 1. The summed E-state index contributed by atoms with van der Waals surface area (Å²) in [6.07, 6.45) is -0.652. The van der Waals surface area contributed by atoms with Crippen LogP contribution in [0.25, 0.3) is 21.5 Å². The molecule has 0 aliphatic heterocycles. The van der Waals surface area contributed by atoms with Gasteiger partial charge in [0.15, 0.2) is 5.84 Å². The highest BCUT2D eigenvalue weighted by molar-refractivity contribution is 7.20. The van der Waals surface area contributed by atoms with E-state index in [2.05, 4.69) is 17.6 Å². The molecule has 0 radical (unpaired) electrons. The molecule has 6 N–H and O–H groups in total. The van der Waals surface area contributed by atoms with E-state index in [0.717, 1.165) is 42.0 Å². The summed E-state index contributed by atoms with van der Waals surface area (Å²) in [5, 5.41) is 13.4. The minimum Gasteiger partial charge on any atom is -0.508 e. The standard InChI is InChI=1S/C20H24F3N5OS/c1-2-3-4-5-8-28-15(13-7-6-12(29)9-14(13)20(21,22)23)10-17-16(28)11-18(30-17)19(24)26-27-25/h6-7,9-11,27,29H,2-5,8,25H2,1H3,(H2,24,26). The number of aryl methyl sites for hydroxylation is 1. The number of nitrogens with one attached hydrogen (secondary N) is 1. The van der Waals surface area contributed by atoms with Gasteiger partial charge in [0.2, 0.25) is 0 Å². The molecule has 0 saturated carbocycles.